The van der Waals surface area contributed by atoms with Crippen molar-refractivity contribution in [2.45, 2.75) is 0 Å². The molecule has 32 heavy (non-hydrogen) atoms. The maximum Gasteiger partial charge on any atom is 0.340 e. The Morgan fingerprint density at radius 2 is 1.22 bits per heavy atom. The van der Waals surface area contributed by atoms with Crippen LogP contribution in [0.5, 0.6) is 5.75 Å². The van der Waals surface area contributed by atoms with Gasteiger partial charge in [-0.25, -0.2) is 0 Å². The van der Waals surface area contributed by atoms with E-state index in [4.69, 9.17) is 14.9 Å². The van der Waals surface area contributed by atoms with Gasteiger partial charge in [-0.3, -0.25) is 0 Å². The average Bonchev–Trinajstić information content (AvgIpc) is 3.31. The summed E-state index contributed by atoms with van der Waals surface area (Å²) in [5, 5.41) is 9.62. The highest BCUT2D eigenvalue weighted by Crippen LogP contribution is 2.23. The number of tetrazole rings is 1. The lowest BCUT2D eigenvalue weighted by Gasteiger charge is -2.01. The van der Waals surface area contributed by atoms with Gasteiger partial charge in [-0.05, 0) is 69.6 Å². The lowest BCUT2D eigenvalue weighted by molar-refractivity contribution is -0.734. The van der Waals surface area contributed by atoms with Crippen molar-refractivity contribution in [3.63, 3.8) is 0 Å². The zero-order valence-corrected chi connectivity index (χ0v) is 18.2. The third-order valence-corrected chi connectivity index (χ3v) is 5.10. The number of halogens is 1. The van der Waals surface area contributed by atoms with Crippen LogP contribution in [-0.2, 0) is 0 Å². The van der Waals surface area contributed by atoms with Gasteiger partial charge in [-0.2, -0.15) is 0 Å². The van der Waals surface area contributed by atoms with Gasteiger partial charge in [-0.1, -0.05) is 60.7 Å². The lowest BCUT2D eigenvalue weighted by atomic mass is 10.0. The Morgan fingerprint density at radius 1 is 0.656 bits per heavy atom. The van der Waals surface area contributed by atoms with Gasteiger partial charge in [-0.15, -0.1) is 0 Å². The molecule has 0 saturated heterocycles. The molecular weight excluding hydrogens is 420 g/mol. The molecule has 158 valence electrons. The monoisotopic (exact) mass is 440 g/mol. The number of nitrogens with zero attached hydrogens (tertiary/aromatic N) is 4. The topological polar surface area (TPSA) is 43.8 Å². The second-order valence-corrected chi connectivity index (χ2v) is 7.08. The van der Waals surface area contributed by atoms with Crippen LogP contribution in [0.4, 0.5) is 0 Å². The third-order valence-electron chi connectivity index (χ3n) is 5.10. The largest absolute Gasteiger partial charge is 1.00 e. The molecule has 4 aromatic carbocycles. The number of para-hydroxylation sites is 1. The minimum absolute atomic E-state index is 0. The number of aromatic nitrogens is 4. The van der Waals surface area contributed by atoms with Gasteiger partial charge < -0.3 is 17.1 Å². The molecule has 1 aromatic heterocycles. The Labute approximate surface area is 192 Å². The number of hydrogen-bond donors (Lipinski definition) is 0. The van der Waals surface area contributed by atoms with E-state index in [1.54, 1.807) is 11.9 Å². The van der Waals surface area contributed by atoms with E-state index < -0.39 is 0 Å². The molecule has 0 aliphatic rings. The summed E-state index contributed by atoms with van der Waals surface area (Å²) in [6.45, 7) is 0. The SMILES string of the molecule is COc1ccc(-[n+]2nc(-c3ccc(-c4ccccc4)cc3)nn2-c2ccccc2)cc1.[Cl-]. The standard InChI is InChI=1S/C26H21N4O.ClH/c1-31-25-18-16-24(17-19-25)30-28-26(27-29(30)23-10-6-3-7-11-23)22-14-12-21(13-15-22)20-8-4-2-5-9-20;/h2-19H,1H3;1H/q+1;/p-1. The molecule has 5 aromatic rings. The molecule has 1 heterocycles. The quantitative estimate of drug-likeness (QED) is 0.392. The maximum absolute atomic E-state index is 5.29. The molecule has 5 rings (SSSR count). The van der Waals surface area contributed by atoms with Crippen LogP contribution in [0.2, 0.25) is 0 Å². The number of hydrogen-bond acceptors (Lipinski definition) is 3. The van der Waals surface area contributed by atoms with Crippen molar-refractivity contribution in [2.24, 2.45) is 0 Å². The van der Waals surface area contributed by atoms with Gasteiger partial charge in [0.25, 0.3) is 0 Å². The zero-order chi connectivity index (χ0) is 21.0. The molecule has 0 aliphatic heterocycles. The van der Waals surface area contributed by atoms with Gasteiger partial charge in [0.2, 0.25) is 0 Å². The first-order valence-electron chi connectivity index (χ1n) is 10.1. The molecule has 0 N–H and O–H groups in total. The van der Waals surface area contributed by atoms with E-state index in [9.17, 15) is 0 Å². The van der Waals surface area contributed by atoms with E-state index in [0.29, 0.717) is 5.82 Å². The molecule has 0 radical (unpaired) electrons. The number of methoxy groups -OCH3 is 1. The molecule has 0 spiro atoms. The van der Waals surface area contributed by atoms with Crippen LogP contribution in [0.15, 0.2) is 109 Å². The summed E-state index contributed by atoms with van der Waals surface area (Å²) in [5.41, 5.74) is 5.12. The van der Waals surface area contributed by atoms with E-state index in [2.05, 4.69) is 36.4 Å². The fourth-order valence-corrected chi connectivity index (χ4v) is 3.45. The highest BCUT2D eigenvalue weighted by Gasteiger charge is 2.23. The summed E-state index contributed by atoms with van der Waals surface area (Å²) in [7, 11) is 1.66. The van der Waals surface area contributed by atoms with E-state index in [0.717, 1.165) is 28.3 Å². The second kappa shape index (κ2) is 9.45. The molecule has 6 heteroatoms. The highest BCUT2D eigenvalue weighted by molar-refractivity contribution is 5.67. The normalized spacial score (nSPS) is 10.4. The maximum atomic E-state index is 5.29. The van der Waals surface area contributed by atoms with Crippen molar-refractivity contribution in [1.29, 1.82) is 0 Å². The highest BCUT2D eigenvalue weighted by atomic mass is 35.5. The van der Waals surface area contributed by atoms with Crippen molar-refractivity contribution in [3.8, 4) is 39.6 Å². The van der Waals surface area contributed by atoms with Gasteiger partial charge in [0.05, 0.1) is 17.8 Å². The Bertz CT molecular complexity index is 1290. The molecule has 0 fully saturated rings. The Kier molecular flexibility index (Phi) is 6.29. The number of benzene rings is 4. The van der Waals surface area contributed by atoms with Crippen LogP contribution in [0, 0.1) is 0 Å². The molecule has 0 unspecified atom stereocenters. The Balaban J connectivity index is 0.00000245. The number of ether oxygens (including phenoxy) is 1. The third kappa shape index (κ3) is 4.24. The van der Waals surface area contributed by atoms with E-state index in [1.165, 1.54) is 5.56 Å². The van der Waals surface area contributed by atoms with Crippen molar-refractivity contribution in [2.75, 3.05) is 7.11 Å². The summed E-state index contributed by atoms with van der Waals surface area (Å²) in [5.74, 6) is 1.45. The van der Waals surface area contributed by atoms with E-state index >= 15 is 0 Å². The second-order valence-electron chi connectivity index (χ2n) is 7.08. The molecular formula is C26H21ClN4O. The molecule has 5 nitrogen and oxygen atoms in total. The predicted octanol–water partition coefficient (Wildman–Crippen LogP) is 1.89. The van der Waals surface area contributed by atoms with E-state index in [-0.39, 0.29) is 12.4 Å². The van der Waals surface area contributed by atoms with Crippen molar-refractivity contribution in [3.05, 3.63) is 109 Å². The summed E-state index contributed by atoms with van der Waals surface area (Å²) in [6.07, 6.45) is 0. The summed E-state index contributed by atoms with van der Waals surface area (Å²) in [4.78, 5) is 3.61. The van der Waals surface area contributed by atoms with Crippen molar-refractivity contribution in [1.82, 2.24) is 15.0 Å². The fraction of sp³-hybridized carbons (Fsp3) is 0.0385. The van der Waals surface area contributed by atoms with Crippen LogP contribution in [0.3, 0.4) is 0 Å². The Morgan fingerprint density at radius 3 is 1.84 bits per heavy atom. The number of rotatable bonds is 5. The predicted molar refractivity (Wildman–Crippen MR) is 120 cm³/mol. The van der Waals surface area contributed by atoms with Crippen LogP contribution in [0.1, 0.15) is 0 Å². The van der Waals surface area contributed by atoms with E-state index in [1.807, 2.05) is 77.6 Å². The van der Waals surface area contributed by atoms with Gasteiger partial charge >= 0.3 is 5.82 Å². The summed E-state index contributed by atoms with van der Waals surface area (Å²) < 4.78 is 5.29. The van der Waals surface area contributed by atoms with Gasteiger partial charge in [0.15, 0.2) is 5.69 Å². The summed E-state index contributed by atoms with van der Waals surface area (Å²) in [6, 6.07) is 36.4. The van der Waals surface area contributed by atoms with Crippen molar-refractivity contribution >= 4 is 0 Å². The average molecular weight is 441 g/mol. The fourth-order valence-electron chi connectivity index (χ4n) is 3.45. The van der Waals surface area contributed by atoms with Crippen LogP contribution in [0.25, 0.3) is 33.9 Å². The first-order chi connectivity index (χ1) is 15.3. The lowest BCUT2D eigenvalue weighted by Crippen LogP contribution is -3.00. The van der Waals surface area contributed by atoms with Crippen LogP contribution >= 0.6 is 0 Å². The minimum atomic E-state index is 0. The first kappa shape index (κ1) is 21.3. The van der Waals surface area contributed by atoms with Crippen molar-refractivity contribution < 1.29 is 21.9 Å². The molecule has 0 atom stereocenters. The van der Waals surface area contributed by atoms with Crippen LogP contribution in [-0.4, -0.2) is 22.1 Å². The van der Waals surface area contributed by atoms with Crippen LogP contribution < -0.4 is 21.9 Å². The molecule has 0 saturated carbocycles. The minimum Gasteiger partial charge on any atom is -1.00 e. The molecule has 0 aliphatic carbocycles. The first-order valence-corrected chi connectivity index (χ1v) is 10.1. The molecule has 0 amide bonds. The zero-order valence-electron chi connectivity index (χ0n) is 17.5. The Hall–Kier alpha value is -3.96. The molecule has 0 bridgehead atoms. The smallest absolute Gasteiger partial charge is 0.340 e. The summed E-state index contributed by atoms with van der Waals surface area (Å²) >= 11 is 0. The van der Waals surface area contributed by atoms with Gasteiger partial charge in [0, 0.05) is 4.80 Å². The van der Waals surface area contributed by atoms with Gasteiger partial charge in [0.1, 0.15) is 11.4 Å².